The average molecular weight is 362 g/mol. The normalized spacial score (nSPS) is 28.4. The molecule has 0 aromatic carbocycles. The standard InChI is InChI=1S/C17H22N4O3S/c1-10-5-2-3-8-17(10)14(23)21(16(24)20-17)9-13(22)19-15-18-11-6-4-7-12(11)25-15/h10H,2-9H2,1H3,(H,20,24)(H,18,19,22). The largest absolute Gasteiger partial charge is 0.325 e. The maximum Gasteiger partial charge on any atom is 0.325 e. The van der Waals surface area contributed by atoms with Crippen LogP contribution in [0.1, 0.15) is 49.6 Å². The molecule has 0 radical (unpaired) electrons. The second kappa shape index (κ2) is 6.09. The van der Waals surface area contributed by atoms with Crippen molar-refractivity contribution in [2.45, 2.75) is 57.4 Å². The minimum atomic E-state index is -0.821. The third-order valence-electron chi connectivity index (χ3n) is 5.65. The van der Waals surface area contributed by atoms with E-state index in [4.69, 9.17) is 0 Å². The molecular formula is C17H22N4O3S. The molecule has 3 aliphatic rings. The number of anilines is 1. The number of nitrogens with zero attached hydrogens (tertiary/aromatic N) is 2. The zero-order valence-corrected chi connectivity index (χ0v) is 15.1. The highest BCUT2D eigenvalue weighted by molar-refractivity contribution is 7.15. The highest BCUT2D eigenvalue weighted by Gasteiger charge is 2.55. The Morgan fingerprint density at radius 3 is 2.96 bits per heavy atom. The smallest absolute Gasteiger partial charge is 0.323 e. The Morgan fingerprint density at radius 2 is 2.20 bits per heavy atom. The summed E-state index contributed by atoms with van der Waals surface area (Å²) < 4.78 is 0. The number of carbonyl (C=O) groups is 3. The highest BCUT2D eigenvalue weighted by atomic mass is 32.1. The van der Waals surface area contributed by atoms with Gasteiger partial charge in [-0.25, -0.2) is 9.78 Å². The van der Waals surface area contributed by atoms with E-state index in [0.717, 1.165) is 49.1 Å². The van der Waals surface area contributed by atoms with Crippen molar-refractivity contribution in [2.75, 3.05) is 11.9 Å². The third-order valence-corrected chi connectivity index (χ3v) is 6.72. The van der Waals surface area contributed by atoms with Gasteiger partial charge in [0.25, 0.3) is 5.91 Å². The van der Waals surface area contributed by atoms with Crippen LogP contribution in [0.2, 0.25) is 0 Å². The first kappa shape index (κ1) is 16.5. The van der Waals surface area contributed by atoms with Crippen molar-refractivity contribution in [2.24, 2.45) is 5.92 Å². The zero-order valence-electron chi connectivity index (χ0n) is 14.3. The molecule has 4 rings (SSSR count). The quantitative estimate of drug-likeness (QED) is 0.805. The first-order chi connectivity index (χ1) is 12.0. The topological polar surface area (TPSA) is 91.4 Å². The number of hydrogen-bond donors (Lipinski definition) is 2. The lowest BCUT2D eigenvalue weighted by Gasteiger charge is -2.36. The Bertz CT molecular complexity index is 725. The zero-order chi connectivity index (χ0) is 17.6. The number of imide groups is 1. The van der Waals surface area contributed by atoms with E-state index in [9.17, 15) is 14.4 Å². The van der Waals surface area contributed by atoms with Crippen LogP contribution in [0.3, 0.4) is 0 Å². The van der Waals surface area contributed by atoms with Gasteiger partial charge in [-0.15, -0.1) is 11.3 Å². The fraction of sp³-hybridized carbons (Fsp3) is 0.647. The van der Waals surface area contributed by atoms with E-state index in [1.807, 2.05) is 6.92 Å². The SMILES string of the molecule is CC1CCCCC12NC(=O)N(CC(=O)Nc1nc3c(s1)CCC3)C2=O. The summed E-state index contributed by atoms with van der Waals surface area (Å²) in [7, 11) is 0. The van der Waals surface area contributed by atoms with Crippen LogP contribution in [0.15, 0.2) is 0 Å². The van der Waals surface area contributed by atoms with Crippen molar-refractivity contribution in [1.82, 2.24) is 15.2 Å². The number of aryl methyl sites for hydroxylation is 2. The molecule has 25 heavy (non-hydrogen) atoms. The number of urea groups is 1. The van der Waals surface area contributed by atoms with Crippen molar-refractivity contribution in [3.05, 3.63) is 10.6 Å². The van der Waals surface area contributed by atoms with E-state index in [1.54, 1.807) is 0 Å². The summed E-state index contributed by atoms with van der Waals surface area (Å²) in [6.07, 6.45) is 6.63. The van der Waals surface area contributed by atoms with Gasteiger partial charge in [-0.1, -0.05) is 19.8 Å². The molecule has 1 saturated heterocycles. The summed E-state index contributed by atoms with van der Waals surface area (Å²) in [5.74, 6) is -0.550. The number of carbonyl (C=O) groups excluding carboxylic acids is 3. The molecule has 2 aliphatic carbocycles. The van der Waals surface area contributed by atoms with E-state index in [1.165, 1.54) is 16.2 Å². The van der Waals surface area contributed by atoms with E-state index < -0.39 is 11.6 Å². The molecule has 1 aromatic heterocycles. The summed E-state index contributed by atoms with van der Waals surface area (Å²) >= 11 is 1.48. The van der Waals surface area contributed by atoms with Gasteiger partial charge >= 0.3 is 6.03 Å². The monoisotopic (exact) mass is 362 g/mol. The van der Waals surface area contributed by atoms with Gasteiger partial charge in [0.05, 0.1) is 5.69 Å². The van der Waals surface area contributed by atoms with Gasteiger partial charge in [0, 0.05) is 4.88 Å². The van der Waals surface area contributed by atoms with Gasteiger partial charge in [0.2, 0.25) is 5.91 Å². The first-order valence-corrected chi connectivity index (χ1v) is 9.74. The van der Waals surface area contributed by atoms with Crippen LogP contribution < -0.4 is 10.6 Å². The summed E-state index contributed by atoms with van der Waals surface area (Å²) in [6.45, 7) is 1.74. The molecule has 2 fully saturated rings. The van der Waals surface area contributed by atoms with Crippen molar-refractivity contribution < 1.29 is 14.4 Å². The number of thiazole rings is 1. The summed E-state index contributed by atoms with van der Waals surface area (Å²) in [6, 6.07) is -0.462. The summed E-state index contributed by atoms with van der Waals surface area (Å²) in [5, 5.41) is 6.16. The fourth-order valence-electron chi connectivity index (χ4n) is 4.19. The maximum atomic E-state index is 12.9. The number of nitrogens with one attached hydrogen (secondary N) is 2. The molecule has 4 amide bonds. The van der Waals surface area contributed by atoms with E-state index >= 15 is 0 Å². The van der Waals surface area contributed by atoms with Gasteiger partial charge in [-0.3, -0.25) is 14.5 Å². The first-order valence-electron chi connectivity index (χ1n) is 8.92. The Balaban J connectivity index is 1.43. The molecule has 1 aromatic rings. The minimum absolute atomic E-state index is 0.0905. The second-order valence-electron chi connectivity index (χ2n) is 7.23. The summed E-state index contributed by atoms with van der Waals surface area (Å²) in [5.41, 5.74) is 0.239. The maximum absolute atomic E-state index is 12.9. The van der Waals surface area contributed by atoms with Crippen LogP contribution in [-0.2, 0) is 22.4 Å². The molecule has 1 aliphatic heterocycles. The molecular weight excluding hydrogens is 340 g/mol. The third kappa shape index (κ3) is 2.72. The van der Waals surface area contributed by atoms with Crippen molar-refractivity contribution in [1.29, 1.82) is 0 Å². The lowest BCUT2D eigenvalue weighted by atomic mass is 9.73. The number of aromatic nitrogens is 1. The van der Waals surface area contributed by atoms with E-state index in [0.29, 0.717) is 11.6 Å². The highest BCUT2D eigenvalue weighted by Crippen LogP contribution is 2.38. The molecule has 0 bridgehead atoms. The Kier molecular flexibility index (Phi) is 4.02. The fourth-order valence-corrected chi connectivity index (χ4v) is 5.25. The van der Waals surface area contributed by atoms with Crippen molar-refractivity contribution in [3.63, 3.8) is 0 Å². The van der Waals surface area contributed by atoms with Gasteiger partial charge in [-0.05, 0) is 38.0 Å². The molecule has 1 spiro atoms. The summed E-state index contributed by atoms with van der Waals surface area (Å²) in [4.78, 5) is 44.2. The number of rotatable bonds is 3. The van der Waals surface area contributed by atoms with Crippen LogP contribution in [0, 0.1) is 5.92 Å². The minimum Gasteiger partial charge on any atom is -0.323 e. The van der Waals surface area contributed by atoms with Gasteiger partial charge in [0.15, 0.2) is 5.13 Å². The van der Waals surface area contributed by atoms with E-state index in [2.05, 4.69) is 15.6 Å². The molecule has 134 valence electrons. The molecule has 2 atom stereocenters. The van der Waals surface area contributed by atoms with Crippen LogP contribution in [0.5, 0.6) is 0 Å². The Morgan fingerprint density at radius 1 is 1.36 bits per heavy atom. The van der Waals surface area contributed by atoms with Gasteiger partial charge < -0.3 is 10.6 Å². The van der Waals surface area contributed by atoms with Crippen LogP contribution in [0.4, 0.5) is 9.93 Å². The second-order valence-corrected chi connectivity index (χ2v) is 8.31. The van der Waals surface area contributed by atoms with Crippen molar-refractivity contribution in [3.8, 4) is 0 Å². The molecule has 7 nitrogen and oxygen atoms in total. The number of hydrogen-bond acceptors (Lipinski definition) is 5. The molecule has 2 N–H and O–H groups in total. The average Bonchev–Trinajstić information content (AvgIpc) is 3.20. The van der Waals surface area contributed by atoms with Crippen LogP contribution in [0.25, 0.3) is 0 Å². The molecule has 2 unspecified atom stereocenters. The van der Waals surface area contributed by atoms with Gasteiger partial charge in [0.1, 0.15) is 12.1 Å². The lowest BCUT2D eigenvalue weighted by Crippen LogP contribution is -2.54. The van der Waals surface area contributed by atoms with Gasteiger partial charge in [-0.2, -0.15) is 0 Å². The van der Waals surface area contributed by atoms with E-state index in [-0.39, 0.29) is 24.3 Å². The molecule has 1 saturated carbocycles. The van der Waals surface area contributed by atoms with Crippen LogP contribution in [-0.4, -0.2) is 39.8 Å². The lowest BCUT2D eigenvalue weighted by molar-refractivity contribution is -0.136. The van der Waals surface area contributed by atoms with Crippen molar-refractivity contribution >= 4 is 34.3 Å². The van der Waals surface area contributed by atoms with Crippen LogP contribution >= 0.6 is 11.3 Å². The Labute approximate surface area is 150 Å². The number of amides is 4. The predicted octanol–water partition coefficient (Wildman–Crippen LogP) is 2.07. The molecule has 8 heteroatoms. The molecule has 2 heterocycles. The Hall–Kier alpha value is -1.96. The number of fused-ring (bicyclic) bond motifs is 1. The predicted molar refractivity (Wildman–Crippen MR) is 93.4 cm³/mol.